The van der Waals surface area contributed by atoms with Gasteiger partial charge in [-0.15, -0.1) is 0 Å². The van der Waals surface area contributed by atoms with E-state index in [0.717, 1.165) is 31.0 Å². The summed E-state index contributed by atoms with van der Waals surface area (Å²) in [5.41, 5.74) is 3.96. The van der Waals surface area contributed by atoms with Crippen LogP contribution in [0.4, 0.5) is 5.69 Å². The van der Waals surface area contributed by atoms with Crippen molar-refractivity contribution in [3.8, 4) is 0 Å². The van der Waals surface area contributed by atoms with E-state index in [9.17, 15) is 0 Å². The minimum atomic E-state index is 0.576. The summed E-state index contributed by atoms with van der Waals surface area (Å²) < 4.78 is 0. The molecule has 0 amide bonds. The molecule has 1 aromatic carbocycles. The first kappa shape index (κ1) is 13.7. The molecule has 1 N–H and O–H groups in total. The van der Waals surface area contributed by atoms with Gasteiger partial charge in [-0.2, -0.15) is 0 Å². The summed E-state index contributed by atoms with van der Waals surface area (Å²) in [5, 5.41) is 3.39. The maximum Gasteiger partial charge on any atom is 0.0986 e. The summed E-state index contributed by atoms with van der Waals surface area (Å²) in [6, 6.07) is 8.62. The lowest BCUT2D eigenvalue weighted by Gasteiger charge is -2.29. The molecular formula is C17H24N2. The minimum absolute atomic E-state index is 0.576. The zero-order valence-electron chi connectivity index (χ0n) is 12.2. The van der Waals surface area contributed by atoms with Crippen molar-refractivity contribution in [2.75, 3.05) is 18.4 Å². The molecule has 0 fully saturated rings. The maximum absolute atomic E-state index is 4.14. The second-order valence-corrected chi connectivity index (χ2v) is 5.59. The van der Waals surface area contributed by atoms with E-state index in [1.807, 2.05) is 0 Å². The van der Waals surface area contributed by atoms with Crippen LogP contribution in [0.2, 0.25) is 0 Å². The van der Waals surface area contributed by atoms with Gasteiger partial charge in [0.15, 0.2) is 0 Å². The van der Waals surface area contributed by atoms with Gasteiger partial charge in [0.2, 0.25) is 0 Å². The molecule has 0 aliphatic carbocycles. The molecule has 0 saturated carbocycles. The fourth-order valence-corrected chi connectivity index (χ4v) is 2.21. The molecule has 0 unspecified atom stereocenters. The van der Waals surface area contributed by atoms with Crippen LogP contribution in [0.3, 0.4) is 0 Å². The second-order valence-electron chi connectivity index (χ2n) is 5.59. The van der Waals surface area contributed by atoms with Crippen molar-refractivity contribution >= 4 is 5.69 Å². The van der Waals surface area contributed by atoms with Crippen molar-refractivity contribution < 1.29 is 0 Å². The van der Waals surface area contributed by atoms with Crippen LogP contribution >= 0.6 is 0 Å². The Kier molecular flexibility index (Phi) is 4.31. The monoisotopic (exact) mass is 256 g/mol. The summed E-state index contributed by atoms with van der Waals surface area (Å²) >= 11 is 0. The molecule has 0 bridgehead atoms. The molecule has 0 radical (unpaired) electrons. The van der Waals surface area contributed by atoms with Crippen LogP contribution in [0, 0.1) is 0 Å². The lowest BCUT2D eigenvalue weighted by molar-refractivity contribution is 0.373. The van der Waals surface area contributed by atoms with Crippen molar-refractivity contribution in [3.63, 3.8) is 0 Å². The van der Waals surface area contributed by atoms with E-state index in [-0.39, 0.29) is 0 Å². The Labute approximate surface area is 116 Å². The Morgan fingerprint density at radius 2 is 1.95 bits per heavy atom. The van der Waals surface area contributed by atoms with Gasteiger partial charge in [0, 0.05) is 18.8 Å². The molecule has 19 heavy (non-hydrogen) atoms. The largest absolute Gasteiger partial charge is 0.355 e. The van der Waals surface area contributed by atoms with Gasteiger partial charge in [0.05, 0.1) is 5.82 Å². The normalized spacial score (nSPS) is 15.4. The van der Waals surface area contributed by atoms with E-state index in [1.165, 1.54) is 11.1 Å². The fourth-order valence-electron chi connectivity index (χ4n) is 2.21. The number of nitrogens with one attached hydrogen (secondary N) is 1. The molecule has 0 saturated heterocycles. The second kappa shape index (κ2) is 5.96. The van der Waals surface area contributed by atoms with Gasteiger partial charge in [-0.1, -0.05) is 44.2 Å². The zero-order valence-corrected chi connectivity index (χ0v) is 12.2. The van der Waals surface area contributed by atoms with Crippen LogP contribution in [-0.2, 0) is 0 Å². The van der Waals surface area contributed by atoms with Gasteiger partial charge < -0.3 is 10.2 Å². The van der Waals surface area contributed by atoms with Crippen molar-refractivity contribution in [1.29, 1.82) is 0 Å². The third kappa shape index (κ3) is 3.63. The van der Waals surface area contributed by atoms with Crippen LogP contribution < -0.4 is 5.32 Å². The number of hydrogen-bond acceptors (Lipinski definition) is 2. The summed E-state index contributed by atoms with van der Waals surface area (Å²) in [4.78, 5) is 2.28. The molecule has 0 spiro atoms. The van der Waals surface area contributed by atoms with Crippen LogP contribution in [0.25, 0.3) is 0 Å². The van der Waals surface area contributed by atoms with E-state index in [2.05, 4.69) is 67.9 Å². The lowest BCUT2D eigenvalue weighted by Crippen LogP contribution is -2.30. The quantitative estimate of drug-likeness (QED) is 0.806. The highest BCUT2D eigenvalue weighted by Gasteiger charge is 2.11. The van der Waals surface area contributed by atoms with Gasteiger partial charge >= 0.3 is 0 Å². The highest BCUT2D eigenvalue weighted by atomic mass is 15.2. The molecule has 102 valence electrons. The summed E-state index contributed by atoms with van der Waals surface area (Å²) in [6.07, 6.45) is 3.41. The zero-order chi connectivity index (χ0) is 13.8. The van der Waals surface area contributed by atoms with Crippen LogP contribution in [-0.4, -0.2) is 18.0 Å². The Morgan fingerprint density at radius 1 is 1.26 bits per heavy atom. The highest BCUT2D eigenvalue weighted by molar-refractivity contribution is 5.49. The van der Waals surface area contributed by atoms with E-state index >= 15 is 0 Å². The molecule has 0 atom stereocenters. The van der Waals surface area contributed by atoms with Crippen LogP contribution in [0.15, 0.2) is 48.3 Å². The van der Waals surface area contributed by atoms with Crippen molar-refractivity contribution in [2.45, 2.75) is 33.1 Å². The predicted molar refractivity (Wildman–Crippen MR) is 83.2 cm³/mol. The molecule has 1 aliphatic rings. The lowest BCUT2D eigenvalue weighted by atomic mass is 10.0. The summed E-state index contributed by atoms with van der Waals surface area (Å²) in [7, 11) is 0. The first-order valence-corrected chi connectivity index (χ1v) is 7.02. The van der Waals surface area contributed by atoms with Gasteiger partial charge in [0.25, 0.3) is 0 Å². The number of hydrogen-bond donors (Lipinski definition) is 1. The average Bonchev–Trinajstić information content (AvgIpc) is 2.40. The van der Waals surface area contributed by atoms with Gasteiger partial charge in [-0.3, -0.25) is 0 Å². The first-order chi connectivity index (χ1) is 9.06. The van der Waals surface area contributed by atoms with Crippen LogP contribution in [0.1, 0.15) is 38.7 Å². The third-order valence-electron chi connectivity index (χ3n) is 3.68. The number of benzene rings is 1. The smallest absolute Gasteiger partial charge is 0.0986 e. The molecule has 1 aromatic rings. The van der Waals surface area contributed by atoms with Gasteiger partial charge in [-0.05, 0) is 37.0 Å². The first-order valence-electron chi connectivity index (χ1n) is 7.02. The maximum atomic E-state index is 4.14. The van der Waals surface area contributed by atoms with Crippen molar-refractivity contribution in [1.82, 2.24) is 4.90 Å². The van der Waals surface area contributed by atoms with Crippen molar-refractivity contribution in [3.05, 3.63) is 53.9 Å². The molecular weight excluding hydrogens is 232 g/mol. The number of anilines is 1. The SMILES string of the molecule is C=C(Nc1ccc(C(C)C)cc1)N1CC=C(C)CC1. The van der Waals surface area contributed by atoms with Gasteiger partial charge in [-0.25, -0.2) is 0 Å². The third-order valence-corrected chi connectivity index (χ3v) is 3.68. The molecule has 1 heterocycles. The summed E-state index contributed by atoms with van der Waals surface area (Å²) in [6.45, 7) is 12.8. The van der Waals surface area contributed by atoms with E-state index in [1.54, 1.807) is 0 Å². The average molecular weight is 256 g/mol. The molecule has 2 rings (SSSR count). The Hall–Kier alpha value is -1.70. The summed E-state index contributed by atoms with van der Waals surface area (Å²) in [5.74, 6) is 1.56. The van der Waals surface area contributed by atoms with Gasteiger partial charge in [0.1, 0.15) is 0 Å². The number of rotatable bonds is 4. The van der Waals surface area contributed by atoms with Crippen molar-refractivity contribution in [2.24, 2.45) is 0 Å². The molecule has 2 heteroatoms. The Bertz CT molecular complexity index is 469. The van der Waals surface area contributed by atoms with E-state index in [4.69, 9.17) is 0 Å². The van der Waals surface area contributed by atoms with E-state index < -0.39 is 0 Å². The molecule has 2 nitrogen and oxygen atoms in total. The standard InChI is InChI=1S/C17H24N2/c1-13(2)16-5-7-17(8-6-16)18-15(4)19-11-9-14(3)10-12-19/h5-9,13,18H,4,10-12H2,1-3H3. The predicted octanol–water partition coefficient (Wildman–Crippen LogP) is 4.35. The minimum Gasteiger partial charge on any atom is -0.355 e. The van der Waals surface area contributed by atoms with E-state index in [0.29, 0.717) is 5.92 Å². The topological polar surface area (TPSA) is 15.3 Å². The fraction of sp³-hybridized carbons (Fsp3) is 0.412. The Balaban J connectivity index is 1.95. The molecule has 0 aromatic heterocycles. The molecule has 1 aliphatic heterocycles. The number of nitrogens with zero attached hydrogens (tertiary/aromatic N) is 1. The van der Waals surface area contributed by atoms with Crippen LogP contribution in [0.5, 0.6) is 0 Å². The Morgan fingerprint density at radius 3 is 2.47 bits per heavy atom. The highest BCUT2D eigenvalue weighted by Crippen LogP contribution is 2.20.